The lowest BCUT2D eigenvalue weighted by Crippen LogP contribution is -2.46. The van der Waals surface area contributed by atoms with Crippen LogP contribution >= 0.6 is 0 Å². The minimum Gasteiger partial charge on any atom is -0.387 e. The summed E-state index contributed by atoms with van der Waals surface area (Å²) in [6.45, 7) is -0.442. The van der Waals surface area contributed by atoms with Crippen LogP contribution in [-0.4, -0.2) is 23.4 Å². The van der Waals surface area contributed by atoms with Crippen LogP contribution in [0.25, 0.3) is 0 Å². The molecule has 0 amide bonds. The number of aliphatic hydroxyl groups is 1. The van der Waals surface area contributed by atoms with Gasteiger partial charge in [-0.15, -0.1) is 0 Å². The molecule has 0 bridgehead atoms. The second-order valence-corrected chi connectivity index (χ2v) is 4.64. The molecule has 1 atom stereocenters. The summed E-state index contributed by atoms with van der Waals surface area (Å²) in [4.78, 5) is 0. The Balaban J connectivity index is 2.00. The number of nitrogens with one attached hydrogen (secondary N) is 1. The molecule has 0 aliphatic heterocycles. The molecular formula is C12H12F5NO. The monoisotopic (exact) mass is 281 g/mol. The molecule has 2 N–H and O–H groups in total. The van der Waals surface area contributed by atoms with Crippen LogP contribution in [0.3, 0.4) is 0 Å². The van der Waals surface area contributed by atoms with Gasteiger partial charge in [0.15, 0.2) is 0 Å². The Morgan fingerprint density at radius 2 is 1.89 bits per heavy atom. The van der Waals surface area contributed by atoms with Gasteiger partial charge in [-0.25, -0.2) is 8.78 Å². The highest BCUT2D eigenvalue weighted by Crippen LogP contribution is 2.49. The summed E-state index contributed by atoms with van der Waals surface area (Å²) in [5.41, 5.74) is -2.20. The van der Waals surface area contributed by atoms with Crippen molar-refractivity contribution in [1.82, 2.24) is 5.32 Å². The van der Waals surface area contributed by atoms with Crippen LogP contribution in [0.4, 0.5) is 22.0 Å². The van der Waals surface area contributed by atoms with Gasteiger partial charge in [0.1, 0.15) is 17.2 Å². The number of alkyl halides is 3. The van der Waals surface area contributed by atoms with Crippen LogP contribution in [0, 0.1) is 11.6 Å². The summed E-state index contributed by atoms with van der Waals surface area (Å²) in [5.74, 6) is -1.79. The van der Waals surface area contributed by atoms with Crippen molar-refractivity contribution in [2.45, 2.75) is 30.7 Å². The van der Waals surface area contributed by atoms with E-state index in [1.165, 1.54) is 0 Å². The lowest BCUT2D eigenvalue weighted by molar-refractivity contribution is -0.166. The van der Waals surface area contributed by atoms with Crippen molar-refractivity contribution < 1.29 is 27.1 Å². The molecular weight excluding hydrogens is 269 g/mol. The van der Waals surface area contributed by atoms with E-state index in [0.29, 0.717) is 6.07 Å². The number of rotatable bonds is 4. The van der Waals surface area contributed by atoms with Crippen molar-refractivity contribution in [2.24, 2.45) is 0 Å². The quantitative estimate of drug-likeness (QED) is 0.832. The maximum Gasteiger partial charge on any atom is 0.406 e. The Morgan fingerprint density at radius 1 is 1.26 bits per heavy atom. The third kappa shape index (κ3) is 2.87. The van der Waals surface area contributed by atoms with E-state index in [4.69, 9.17) is 0 Å². The number of β-amino-alcohol motifs (C(OH)–C–C–N with tert-alkyl or cyclic N) is 1. The highest BCUT2D eigenvalue weighted by molar-refractivity contribution is 5.21. The SMILES string of the molecule is OC(CNC1(C(F)(F)F)CC1)c1ccc(F)cc1F. The van der Waals surface area contributed by atoms with E-state index in [1.807, 2.05) is 0 Å². The molecule has 2 rings (SSSR count). The van der Waals surface area contributed by atoms with E-state index in [0.717, 1.165) is 12.1 Å². The molecule has 7 heteroatoms. The Labute approximate surface area is 106 Å². The number of benzene rings is 1. The van der Waals surface area contributed by atoms with Crippen LogP contribution in [0.5, 0.6) is 0 Å². The van der Waals surface area contributed by atoms with E-state index in [-0.39, 0.29) is 18.4 Å². The highest BCUT2D eigenvalue weighted by Gasteiger charge is 2.63. The maximum absolute atomic E-state index is 13.3. The van der Waals surface area contributed by atoms with Crippen LogP contribution < -0.4 is 5.32 Å². The molecule has 0 radical (unpaired) electrons. The molecule has 1 aliphatic carbocycles. The molecule has 106 valence electrons. The van der Waals surface area contributed by atoms with Crippen LogP contribution in [0.2, 0.25) is 0 Å². The molecule has 1 saturated carbocycles. The summed E-state index contributed by atoms with van der Waals surface area (Å²) in [7, 11) is 0. The van der Waals surface area contributed by atoms with Gasteiger partial charge < -0.3 is 10.4 Å². The van der Waals surface area contributed by atoms with Gasteiger partial charge >= 0.3 is 6.18 Å². The van der Waals surface area contributed by atoms with Gasteiger partial charge in [0.25, 0.3) is 0 Å². The summed E-state index contributed by atoms with van der Waals surface area (Å²) >= 11 is 0. The Kier molecular flexibility index (Phi) is 3.53. The predicted molar refractivity (Wildman–Crippen MR) is 57.3 cm³/mol. The minimum atomic E-state index is -4.39. The molecule has 0 saturated heterocycles. The molecule has 0 heterocycles. The van der Waals surface area contributed by atoms with E-state index in [9.17, 15) is 27.1 Å². The van der Waals surface area contributed by atoms with Gasteiger partial charge in [-0.05, 0) is 18.9 Å². The molecule has 1 aromatic carbocycles. The van der Waals surface area contributed by atoms with Gasteiger partial charge in [0.05, 0.1) is 6.10 Å². The molecule has 2 nitrogen and oxygen atoms in total. The fourth-order valence-electron chi connectivity index (χ4n) is 1.86. The number of hydrogen-bond donors (Lipinski definition) is 2. The predicted octanol–water partition coefficient (Wildman–Crippen LogP) is 2.68. The third-order valence-electron chi connectivity index (χ3n) is 3.25. The fraction of sp³-hybridized carbons (Fsp3) is 0.500. The molecule has 1 fully saturated rings. The van der Waals surface area contributed by atoms with Crippen molar-refractivity contribution >= 4 is 0 Å². The van der Waals surface area contributed by atoms with Crippen molar-refractivity contribution in [3.05, 3.63) is 35.4 Å². The Hall–Kier alpha value is -1.21. The van der Waals surface area contributed by atoms with Crippen molar-refractivity contribution in [3.8, 4) is 0 Å². The summed E-state index contributed by atoms with van der Waals surface area (Å²) < 4.78 is 63.8. The van der Waals surface area contributed by atoms with Gasteiger partial charge in [-0.3, -0.25) is 0 Å². The average Bonchev–Trinajstić information content (AvgIpc) is 3.06. The van der Waals surface area contributed by atoms with Crippen LogP contribution in [0.15, 0.2) is 18.2 Å². The minimum absolute atomic E-state index is 0.0604. The zero-order valence-electron chi connectivity index (χ0n) is 9.77. The normalized spacial score (nSPS) is 19.3. The second-order valence-electron chi connectivity index (χ2n) is 4.64. The van der Waals surface area contributed by atoms with Crippen molar-refractivity contribution in [3.63, 3.8) is 0 Å². The molecule has 19 heavy (non-hydrogen) atoms. The lowest BCUT2D eigenvalue weighted by atomic mass is 10.1. The van der Waals surface area contributed by atoms with E-state index in [2.05, 4.69) is 5.32 Å². The first-order chi connectivity index (χ1) is 8.75. The standard InChI is InChI=1S/C12H12F5NO/c13-7-1-2-8(9(14)5-7)10(19)6-18-11(3-4-11)12(15,16)17/h1-2,5,10,18-19H,3-4,6H2. The Morgan fingerprint density at radius 3 is 2.37 bits per heavy atom. The van der Waals surface area contributed by atoms with Crippen molar-refractivity contribution in [2.75, 3.05) is 6.54 Å². The maximum atomic E-state index is 13.3. The summed E-state index contributed by atoms with van der Waals surface area (Å²) in [5, 5.41) is 11.9. The topological polar surface area (TPSA) is 32.3 Å². The van der Waals surface area contributed by atoms with E-state index >= 15 is 0 Å². The number of halogens is 5. The van der Waals surface area contributed by atoms with E-state index in [1.54, 1.807) is 0 Å². The largest absolute Gasteiger partial charge is 0.406 e. The lowest BCUT2D eigenvalue weighted by Gasteiger charge is -2.22. The fourth-order valence-corrected chi connectivity index (χ4v) is 1.86. The number of hydrogen-bond acceptors (Lipinski definition) is 2. The first kappa shape index (κ1) is 14.2. The third-order valence-corrected chi connectivity index (χ3v) is 3.25. The van der Waals surface area contributed by atoms with Gasteiger partial charge in [0, 0.05) is 18.2 Å². The van der Waals surface area contributed by atoms with Gasteiger partial charge in [-0.2, -0.15) is 13.2 Å². The Bertz CT molecular complexity index is 470. The van der Waals surface area contributed by atoms with Gasteiger partial charge in [-0.1, -0.05) is 6.07 Å². The highest BCUT2D eigenvalue weighted by atomic mass is 19.4. The molecule has 0 aromatic heterocycles. The van der Waals surface area contributed by atoms with Crippen LogP contribution in [-0.2, 0) is 0 Å². The van der Waals surface area contributed by atoms with E-state index < -0.39 is 36.0 Å². The van der Waals surface area contributed by atoms with Gasteiger partial charge in [0.2, 0.25) is 0 Å². The van der Waals surface area contributed by atoms with Crippen molar-refractivity contribution in [1.29, 1.82) is 0 Å². The molecule has 1 unspecified atom stereocenters. The summed E-state index contributed by atoms with van der Waals surface area (Å²) in [6.07, 6.45) is -5.97. The molecule has 1 aliphatic rings. The zero-order valence-corrected chi connectivity index (χ0v) is 9.77. The first-order valence-electron chi connectivity index (χ1n) is 5.70. The molecule has 0 spiro atoms. The average molecular weight is 281 g/mol. The first-order valence-corrected chi connectivity index (χ1v) is 5.70. The van der Waals surface area contributed by atoms with Crippen LogP contribution in [0.1, 0.15) is 24.5 Å². The zero-order chi connectivity index (χ0) is 14.3. The summed E-state index contributed by atoms with van der Waals surface area (Å²) in [6, 6.07) is 2.54. The number of aliphatic hydroxyl groups excluding tert-OH is 1. The smallest absolute Gasteiger partial charge is 0.387 e. The second kappa shape index (κ2) is 4.72. The molecule has 1 aromatic rings.